The van der Waals surface area contributed by atoms with Crippen molar-refractivity contribution < 1.29 is 19.1 Å². The fraction of sp³-hybridized carbons (Fsp3) is 0.158. The largest absolute Gasteiger partial charge is 0.493 e. The summed E-state index contributed by atoms with van der Waals surface area (Å²) >= 11 is 12.5. The van der Waals surface area contributed by atoms with Gasteiger partial charge in [-0.05, 0) is 36.8 Å². The number of nitrogens with zero attached hydrogens (tertiary/aromatic N) is 1. The van der Waals surface area contributed by atoms with E-state index < -0.39 is 5.97 Å². The summed E-state index contributed by atoms with van der Waals surface area (Å²) in [5.74, 6) is 0.338. The Balaban J connectivity index is 1.88. The van der Waals surface area contributed by atoms with Crippen molar-refractivity contribution in [3.05, 3.63) is 63.1 Å². The summed E-state index contributed by atoms with van der Waals surface area (Å²) < 4.78 is 11.2. The second-order valence-electron chi connectivity index (χ2n) is 5.53. The molecular formula is C19H15Cl2NO4. The van der Waals surface area contributed by atoms with Gasteiger partial charge in [0.2, 0.25) is 0 Å². The molecule has 0 saturated carbocycles. The van der Waals surface area contributed by atoms with Gasteiger partial charge in [-0.25, -0.2) is 4.79 Å². The Labute approximate surface area is 160 Å². The van der Waals surface area contributed by atoms with Gasteiger partial charge in [-0.1, -0.05) is 46.6 Å². The molecule has 0 atom stereocenters. The predicted octanol–water partition coefficient (Wildman–Crippen LogP) is 4.90. The Morgan fingerprint density at radius 1 is 1.19 bits per heavy atom. The highest BCUT2D eigenvalue weighted by atomic mass is 35.5. The third kappa shape index (κ3) is 3.84. The number of rotatable bonds is 5. The van der Waals surface area contributed by atoms with E-state index in [9.17, 15) is 4.79 Å². The molecule has 1 aliphatic heterocycles. The number of carbonyl (C=O) groups excluding carboxylic acids is 1. The molecule has 0 fully saturated rings. The Morgan fingerprint density at radius 2 is 1.96 bits per heavy atom. The lowest BCUT2D eigenvalue weighted by Gasteiger charge is -2.14. The minimum atomic E-state index is -0.503. The summed E-state index contributed by atoms with van der Waals surface area (Å²) in [5.41, 5.74) is 2.37. The van der Waals surface area contributed by atoms with Crippen molar-refractivity contribution in [1.82, 2.24) is 0 Å². The number of methoxy groups -OCH3 is 1. The molecule has 0 aliphatic carbocycles. The molecule has 2 aromatic carbocycles. The minimum Gasteiger partial charge on any atom is -0.493 e. The maximum Gasteiger partial charge on any atom is 0.367 e. The maximum atomic E-state index is 11.7. The number of hydrogen-bond donors (Lipinski definition) is 0. The Morgan fingerprint density at radius 3 is 2.62 bits per heavy atom. The molecule has 0 spiro atoms. The molecule has 1 heterocycles. The molecule has 7 heteroatoms. The predicted molar refractivity (Wildman–Crippen MR) is 101 cm³/mol. The van der Waals surface area contributed by atoms with E-state index in [1.807, 2.05) is 18.2 Å². The average Bonchev–Trinajstić information content (AvgIpc) is 2.93. The van der Waals surface area contributed by atoms with Gasteiger partial charge in [-0.15, -0.1) is 0 Å². The topological polar surface area (TPSA) is 57.1 Å². The van der Waals surface area contributed by atoms with Crippen LogP contribution in [0.4, 0.5) is 0 Å². The average molecular weight is 392 g/mol. The molecule has 26 heavy (non-hydrogen) atoms. The first-order valence-electron chi connectivity index (χ1n) is 7.71. The van der Waals surface area contributed by atoms with Crippen LogP contribution < -0.4 is 9.47 Å². The normalized spacial score (nSPS) is 15.0. The molecule has 134 valence electrons. The number of halogens is 2. The summed E-state index contributed by atoms with van der Waals surface area (Å²) in [6.45, 7) is 1.94. The van der Waals surface area contributed by atoms with Crippen LogP contribution in [0.2, 0.25) is 10.0 Å². The molecule has 0 N–H and O–H groups in total. The highest BCUT2D eigenvalue weighted by Crippen LogP contribution is 2.38. The first-order chi connectivity index (χ1) is 12.5. The third-order valence-corrected chi connectivity index (χ3v) is 4.42. The first kappa shape index (κ1) is 18.3. The number of benzene rings is 2. The van der Waals surface area contributed by atoms with E-state index in [2.05, 4.69) is 9.99 Å². The van der Waals surface area contributed by atoms with E-state index >= 15 is 0 Å². The first-order valence-corrected chi connectivity index (χ1v) is 8.47. The Bertz CT molecular complexity index is 922. The van der Waals surface area contributed by atoms with Crippen molar-refractivity contribution in [3.8, 4) is 11.5 Å². The highest BCUT2D eigenvalue weighted by molar-refractivity contribution is 6.32. The van der Waals surface area contributed by atoms with Crippen LogP contribution in [0.1, 0.15) is 18.1 Å². The molecule has 0 aromatic heterocycles. The monoisotopic (exact) mass is 391 g/mol. The molecule has 3 rings (SSSR count). The minimum absolute atomic E-state index is 0.244. The third-order valence-electron chi connectivity index (χ3n) is 3.77. The second kappa shape index (κ2) is 7.81. The van der Waals surface area contributed by atoms with Crippen LogP contribution in [-0.2, 0) is 16.2 Å². The molecule has 5 nitrogen and oxygen atoms in total. The van der Waals surface area contributed by atoms with Crippen molar-refractivity contribution in [1.29, 1.82) is 0 Å². The van der Waals surface area contributed by atoms with Gasteiger partial charge in [0, 0.05) is 10.6 Å². The summed E-state index contributed by atoms with van der Waals surface area (Å²) in [6.07, 6.45) is 1.64. The van der Waals surface area contributed by atoms with E-state index in [0.29, 0.717) is 38.4 Å². The second-order valence-corrected chi connectivity index (χ2v) is 6.34. The summed E-state index contributed by atoms with van der Waals surface area (Å²) in [4.78, 5) is 16.3. The number of carbonyl (C=O) groups is 1. The molecule has 0 amide bonds. The summed E-state index contributed by atoms with van der Waals surface area (Å²) in [5, 5.41) is 4.61. The summed E-state index contributed by atoms with van der Waals surface area (Å²) in [7, 11) is 1.52. The fourth-order valence-electron chi connectivity index (χ4n) is 2.41. The van der Waals surface area contributed by atoms with Crippen molar-refractivity contribution in [2.75, 3.05) is 7.11 Å². The van der Waals surface area contributed by atoms with Crippen LogP contribution in [0.25, 0.3) is 6.08 Å². The van der Waals surface area contributed by atoms with Crippen molar-refractivity contribution in [2.45, 2.75) is 13.5 Å². The Kier molecular flexibility index (Phi) is 5.49. The lowest BCUT2D eigenvalue weighted by atomic mass is 10.1. The lowest BCUT2D eigenvalue weighted by molar-refractivity contribution is -0.136. The molecule has 1 aliphatic rings. The van der Waals surface area contributed by atoms with Gasteiger partial charge in [0.05, 0.1) is 23.4 Å². The van der Waals surface area contributed by atoms with Crippen LogP contribution in [-0.4, -0.2) is 18.8 Å². The fourth-order valence-corrected chi connectivity index (χ4v) is 2.88. The lowest BCUT2D eigenvalue weighted by Crippen LogP contribution is -2.02. The molecule has 0 radical (unpaired) electrons. The standard InChI is InChI=1S/C19H15Cl2NO4/c1-11-14(19(23)26-22-11)7-12-8-16(21)18(17(9-12)24-2)25-10-13-5-3-4-6-15(13)20/h3-9H,10H2,1-2H3/b14-7+. The van der Waals surface area contributed by atoms with Crippen LogP contribution >= 0.6 is 23.2 Å². The van der Waals surface area contributed by atoms with Crippen LogP contribution in [0.3, 0.4) is 0 Å². The van der Waals surface area contributed by atoms with Crippen LogP contribution in [0.5, 0.6) is 11.5 Å². The molecule has 0 saturated heterocycles. The zero-order chi connectivity index (χ0) is 18.7. The maximum absolute atomic E-state index is 11.7. The van der Waals surface area contributed by atoms with Gasteiger partial charge in [-0.2, -0.15) is 0 Å². The molecule has 0 unspecified atom stereocenters. The van der Waals surface area contributed by atoms with Gasteiger partial charge in [-0.3, -0.25) is 0 Å². The van der Waals surface area contributed by atoms with Crippen molar-refractivity contribution >= 4 is 41.0 Å². The van der Waals surface area contributed by atoms with Gasteiger partial charge >= 0.3 is 5.97 Å². The van der Waals surface area contributed by atoms with Gasteiger partial charge < -0.3 is 14.3 Å². The van der Waals surface area contributed by atoms with Crippen LogP contribution in [0.15, 0.2) is 47.1 Å². The highest BCUT2D eigenvalue weighted by Gasteiger charge is 2.22. The number of oxime groups is 1. The Hall–Kier alpha value is -2.50. The number of ether oxygens (including phenoxy) is 2. The smallest absolute Gasteiger partial charge is 0.367 e. The zero-order valence-corrected chi connectivity index (χ0v) is 15.6. The molecule has 2 aromatic rings. The van der Waals surface area contributed by atoms with Gasteiger partial charge in [0.15, 0.2) is 11.5 Å². The summed E-state index contributed by atoms with van der Waals surface area (Å²) in [6, 6.07) is 10.8. The van der Waals surface area contributed by atoms with Crippen LogP contribution in [0, 0.1) is 0 Å². The molecular weight excluding hydrogens is 377 g/mol. The van der Waals surface area contributed by atoms with E-state index in [4.69, 9.17) is 32.7 Å². The van der Waals surface area contributed by atoms with Gasteiger partial charge in [0.25, 0.3) is 0 Å². The van der Waals surface area contributed by atoms with E-state index in [-0.39, 0.29) is 6.61 Å². The van der Waals surface area contributed by atoms with E-state index in [0.717, 1.165) is 5.56 Å². The van der Waals surface area contributed by atoms with Gasteiger partial charge in [0.1, 0.15) is 6.61 Å². The zero-order valence-electron chi connectivity index (χ0n) is 14.1. The van der Waals surface area contributed by atoms with E-state index in [1.54, 1.807) is 31.2 Å². The van der Waals surface area contributed by atoms with Crippen molar-refractivity contribution in [3.63, 3.8) is 0 Å². The quantitative estimate of drug-likeness (QED) is 0.537. The van der Waals surface area contributed by atoms with Crippen molar-refractivity contribution in [2.24, 2.45) is 5.16 Å². The SMILES string of the molecule is COc1cc(/C=C2/C(=O)ON=C2C)cc(Cl)c1OCc1ccccc1Cl. The molecule has 0 bridgehead atoms. The number of hydrogen-bond acceptors (Lipinski definition) is 5. The van der Waals surface area contributed by atoms with E-state index in [1.165, 1.54) is 7.11 Å².